The monoisotopic (exact) mass is 302 g/mol. The van der Waals surface area contributed by atoms with E-state index < -0.39 is 11.9 Å². The van der Waals surface area contributed by atoms with E-state index in [9.17, 15) is 9.59 Å². The summed E-state index contributed by atoms with van der Waals surface area (Å²) in [6, 6.07) is 8.79. The van der Waals surface area contributed by atoms with Crippen LogP contribution in [0, 0.1) is 0 Å². The van der Waals surface area contributed by atoms with Crippen LogP contribution in [-0.4, -0.2) is 38.2 Å². The number of urea groups is 1. The number of amides is 3. The third-order valence-electron chi connectivity index (χ3n) is 3.01. The maximum Gasteiger partial charge on any atom is 0.321 e. The molecule has 1 heterocycles. The van der Waals surface area contributed by atoms with E-state index in [2.05, 4.69) is 26.0 Å². The lowest BCUT2D eigenvalue weighted by Gasteiger charge is -2.11. The van der Waals surface area contributed by atoms with Crippen LogP contribution in [0.4, 0.5) is 4.79 Å². The van der Waals surface area contributed by atoms with E-state index in [-0.39, 0.29) is 12.6 Å². The van der Waals surface area contributed by atoms with Gasteiger partial charge in [0.2, 0.25) is 5.82 Å². The van der Waals surface area contributed by atoms with Crippen molar-refractivity contribution in [1.82, 2.24) is 30.8 Å². The van der Waals surface area contributed by atoms with E-state index in [1.807, 2.05) is 44.2 Å². The molecule has 0 saturated carbocycles. The van der Waals surface area contributed by atoms with Gasteiger partial charge in [0.05, 0.1) is 0 Å². The van der Waals surface area contributed by atoms with Gasteiger partial charge in [-0.15, -0.1) is 10.2 Å². The highest BCUT2D eigenvalue weighted by Gasteiger charge is 2.12. The molecule has 1 aromatic heterocycles. The Hall–Kier alpha value is -2.77. The molecule has 8 heteroatoms. The number of tetrazole rings is 1. The SMILES string of the molecule is CC[C@@H](C)NC(=O)NC(=O)Cn1nnc(-c2ccccc2)n1. The summed E-state index contributed by atoms with van der Waals surface area (Å²) in [6.07, 6.45) is 0.784. The van der Waals surface area contributed by atoms with Crippen molar-refractivity contribution in [2.45, 2.75) is 32.9 Å². The van der Waals surface area contributed by atoms with Gasteiger partial charge in [0.25, 0.3) is 5.91 Å². The Morgan fingerprint density at radius 1 is 1.27 bits per heavy atom. The second-order valence-corrected chi connectivity index (χ2v) is 4.84. The second-order valence-electron chi connectivity index (χ2n) is 4.84. The summed E-state index contributed by atoms with van der Waals surface area (Å²) >= 11 is 0. The molecule has 0 aliphatic carbocycles. The van der Waals surface area contributed by atoms with Gasteiger partial charge in [0, 0.05) is 11.6 Å². The molecular formula is C14H18N6O2. The van der Waals surface area contributed by atoms with Crippen molar-refractivity contribution in [2.24, 2.45) is 0 Å². The van der Waals surface area contributed by atoms with Crippen LogP contribution in [0.2, 0.25) is 0 Å². The molecule has 0 saturated heterocycles. The first-order valence-corrected chi connectivity index (χ1v) is 7.02. The van der Waals surface area contributed by atoms with Crippen molar-refractivity contribution in [2.75, 3.05) is 0 Å². The molecule has 2 aromatic rings. The summed E-state index contributed by atoms with van der Waals surface area (Å²) in [4.78, 5) is 24.4. The lowest BCUT2D eigenvalue weighted by Crippen LogP contribution is -2.44. The highest BCUT2D eigenvalue weighted by Crippen LogP contribution is 2.11. The Morgan fingerprint density at radius 3 is 2.68 bits per heavy atom. The number of carbonyl (C=O) groups excluding carboxylic acids is 2. The van der Waals surface area contributed by atoms with Crippen LogP contribution in [0.3, 0.4) is 0 Å². The zero-order chi connectivity index (χ0) is 15.9. The van der Waals surface area contributed by atoms with Crippen LogP contribution in [0.25, 0.3) is 11.4 Å². The number of nitrogens with one attached hydrogen (secondary N) is 2. The van der Waals surface area contributed by atoms with Gasteiger partial charge in [-0.1, -0.05) is 37.3 Å². The molecule has 0 aliphatic heterocycles. The van der Waals surface area contributed by atoms with E-state index in [1.165, 1.54) is 0 Å². The van der Waals surface area contributed by atoms with Gasteiger partial charge in [0.1, 0.15) is 6.54 Å². The first kappa shape index (κ1) is 15.6. The average molecular weight is 302 g/mol. The summed E-state index contributed by atoms with van der Waals surface area (Å²) in [5, 5.41) is 16.7. The van der Waals surface area contributed by atoms with E-state index >= 15 is 0 Å². The third kappa shape index (κ3) is 4.37. The second kappa shape index (κ2) is 7.30. The van der Waals surface area contributed by atoms with Gasteiger partial charge in [-0.05, 0) is 18.6 Å². The van der Waals surface area contributed by atoms with Crippen LogP contribution in [0.15, 0.2) is 30.3 Å². The molecule has 0 fully saturated rings. The van der Waals surface area contributed by atoms with Crippen molar-refractivity contribution < 1.29 is 9.59 Å². The van der Waals surface area contributed by atoms with E-state index in [0.717, 1.165) is 16.8 Å². The van der Waals surface area contributed by atoms with Crippen molar-refractivity contribution >= 4 is 11.9 Å². The van der Waals surface area contributed by atoms with Gasteiger partial charge in [-0.3, -0.25) is 10.1 Å². The van der Waals surface area contributed by atoms with Crippen LogP contribution in [0.1, 0.15) is 20.3 Å². The van der Waals surface area contributed by atoms with E-state index in [4.69, 9.17) is 0 Å². The molecule has 0 bridgehead atoms. The Morgan fingerprint density at radius 2 is 2.00 bits per heavy atom. The normalized spacial score (nSPS) is 11.7. The number of aromatic nitrogens is 4. The van der Waals surface area contributed by atoms with Gasteiger partial charge in [0.15, 0.2) is 0 Å². The molecule has 0 aliphatic rings. The molecule has 1 aromatic carbocycles. The van der Waals surface area contributed by atoms with Gasteiger partial charge < -0.3 is 5.32 Å². The lowest BCUT2D eigenvalue weighted by atomic mass is 10.2. The minimum atomic E-state index is -0.525. The Bertz CT molecular complexity index is 640. The molecule has 8 nitrogen and oxygen atoms in total. The predicted octanol–water partition coefficient (Wildman–Crippen LogP) is 0.964. The fourth-order valence-corrected chi connectivity index (χ4v) is 1.67. The zero-order valence-corrected chi connectivity index (χ0v) is 12.5. The van der Waals surface area contributed by atoms with Crippen LogP contribution in [-0.2, 0) is 11.3 Å². The summed E-state index contributed by atoms with van der Waals surface area (Å²) in [5.41, 5.74) is 0.809. The molecule has 2 N–H and O–H groups in total. The Balaban J connectivity index is 1.90. The minimum absolute atomic E-state index is 0.00183. The molecule has 3 amide bonds. The molecule has 0 spiro atoms. The first-order valence-electron chi connectivity index (χ1n) is 7.02. The summed E-state index contributed by atoms with van der Waals surface area (Å²) in [5.74, 6) is -0.0738. The molecule has 1 atom stereocenters. The Labute approximate surface area is 127 Å². The average Bonchev–Trinajstić information content (AvgIpc) is 2.96. The molecular weight excluding hydrogens is 284 g/mol. The molecule has 2 rings (SSSR count). The topological polar surface area (TPSA) is 102 Å². The number of rotatable bonds is 5. The maximum atomic E-state index is 11.7. The largest absolute Gasteiger partial charge is 0.335 e. The van der Waals surface area contributed by atoms with Gasteiger partial charge in [-0.25, -0.2) is 4.79 Å². The van der Waals surface area contributed by atoms with Gasteiger partial charge >= 0.3 is 6.03 Å². The van der Waals surface area contributed by atoms with Crippen LogP contribution >= 0.6 is 0 Å². The zero-order valence-electron chi connectivity index (χ0n) is 12.5. The molecule has 22 heavy (non-hydrogen) atoms. The Kier molecular flexibility index (Phi) is 5.18. The van der Waals surface area contributed by atoms with Crippen molar-refractivity contribution in [3.63, 3.8) is 0 Å². The van der Waals surface area contributed by atoms with Crippen molar-refractivity contribution in [3.05, 3.63) is 30.3 Å². The third-order valence-corrected chi connectivity index (χ3v) is 3.01. The quantitative estimate of drug-likeness (QED) is 0.856. The fourth-order valence-electron chi connectivity index (χ4n) is 1.67. The van der Waals surface area contributed by atoms with Crippen molar-refractivity contribution in [1.29, 1.82) is 0 Å². The number of nitrogens with zero attached hydrogens (tertiary/aromatic N) is 4. The van der Waals surface area contributed by atoms with E-state index in [0.29, 0.717) is 5.82 Å². The molecule has 116 valence electrons. The first-order chi connectivity index (χ1) is 10.6. The predicted molar refractivity (Wildman–Crippen MR) is 79.7 cm³/mol. The summed E-state index contributed by atoms with van der Waals surface area (Å²) < 4.78 is 0. The summed E-state index contributed by atoms with van der Waals surface area (Å²) in [6.45, 7) is 3.63. The molecule has 0 radical (unpaired) electrons. The van der Waals surface area contributed by atoms with Crippen LogP contribution in [0.5, 0.6) is 0 Å². The summed E-state index contributed by atoms with van der Waals surface area (Å²) in [7, 11) is 0. The highest BCUT2D eigenvalue weighted by molar-refractivity contribution is 5.94. The number of hydrogen-bond donors (Lipinski definition) is 2. The number of benzene rings is 1. The smallest absolute Gasteiger partial charge is 0.321 e. The maximum absolute atomic E-state index is 11.7. The van der Waals surface area contributed by atoms with Crippen LogP contribution < -0.4 is 10.6 Å². The van der Waals surface area contributed by atoms with Gasteiger partial charge in [-0.2, -0.15) is 4.80 Å². The molecule has 0 unspecified atom stereocenters. The van der Waals surface area contributed by atoms with E-state index in [1.54, 1.807) is 0 Å². The minimum Gasteiger partial charge on any atom is -0.335 e. The standard InChI is InChI=1S/C14H18N6O2/c1-3-10(2)15-14(22)16-12(21)9-20-18-13(17-19-20)11-7-5-4-6-8-11/h4-8,10H,3,9H2,1-2H3,(H2,15,16,21,22)/t10-/m1/s1. The highest BCUT2D eigenvalue weighted by atomic mass is 16.2. The number of carbonyl (C=O) groups is 2. The number of imide groups is 1. The van der Waals surface area contributed by atoms with Crippen molar-refractivity contribution in [3.8, 4) is 11.4 Å². The lowest BCUT2D eigenvalue weighted by molar-refractivity contribution is -0.121. The number of hydrogen-bond acceptors (Lipinski definition) is 5. The fraction of sp³-hybridized carbons (Fsp3) is 0.357.